The highest BCUT2D eigenvalue weighted by Gasteiger charge is 2.23. The minimum Gasteiger partial charge on any atom is -0.495 e. The average Bonchev–Trinajstić information content (AvgIpc) is 2.78. The average molecular weight is 497 g/mol. The Morgan fingerprint density at radius 3 is 2.18 bits per heavy atom. The topological polar surface area (TPSA) is 67.4 Å². The largest absolute Gasteiger partial charge is 0.495 e. The maximum absolute atomic E-state index is 13.3. The highest BCUT2D eigenvalue weighted by atomic mass is 35.5. The Balaban J connectivity index is 1.75. The third kappa shape index (κ3) is 7.54. The Morgan fingerprint density at radius 2 is 1.59 bits per heavy atom. The fourth-order valence-corrected chi connectivity index (χ4v) is 4.57. The molecule has 5 nitrogen and oxygen atoms in total. The van der Waals surface area contributed by atoms with Crippen molar-refractivity contribution in [1.29, 1.82) is 0 Å². The number of thioether (sulfide) groups is 1. The molecule has 3 aromatic carbocycles. The zero-order valence-corrected chi connectivity index (χ0v) is 21.3. The fraction of sp³-hybridized carbons (Fsp3) is 0.259. The second kappa shape index (κ2) is 11.4. The van der Waals surface area contributed by atoms with E-state index in [4.69, 9.17) is 16.3 Å². The third-order valence-corrected chi connectivity index (χ3v) is 6.40. The van der Waals surface area contributed by atoms with Crippen LogP contribution in [0.4, 0.5) is 11.4 Å². The number of halogens is 1. The summed E-state index contributed by atoms with van der Waals surface area (Å²) in [6.07, 6.45) is 0.440. The van der Waals surface area contributed by atoms with E-state index in [1.807, 2.05) is 75.4 Å². The van der Waals surface area contributed by atoms with Gasteiger partial charge in [-0.15, -0.1) is 11.8 Å². The lowest BCUT2D eigenvalue weighted by Crippen LogP contribution is -2.19. The first kappa shape index (κ1) is 25.7. The van der Waals surface area contributed by atoms with Gasteiger partial charge in [0.1, 0.15) is 11.0 Å². The number of hydrogen-bond acceptors (Lipinski definition) is 4. The molecule has 0 aliphatic carbocycles. The van der Waals surface area contributed by atoms with Crippen molar-refractivity contribution in [2.75, 3.05) is 17.7 Å². The number of benzene rings is 3. The smallest absolute Gasteiger partial charge is 0.242 e. The molecule has 0 saturated carbocycles. The van der Waals surface area contributed by atoms with Gasteiger partial charge in [-0.2, -0.15) is 0 Å². The fourth-order valence-electron chi connectivity index (χ4n) is 3.29. The summed E-state index contributed by atoms with van der Waals surface area (Å²) in [5.41, 5.74) is 2.12. The molecule has 0 heterocycles. The summed E-state index contributed by atoms with van der Waals surface area (Å²) in [4.78, 5) is 26.4. The van der Waals surface area contributed by atoms with E-state index in [2.05, 4.69) is 10.6 Å². The number of anilines is 2. The van der Waals surface area contributed by atoms with E-state index in [0.29, 0.717) is 22.9 Å². The molecule has 3 aromatic rings. The minimum atomic E-state index is -0.483. The van der Waals surface area contributed by atoms with Gasteiger partial charge in [-0.1, -0.05) is 62.7 Å². The molecule has 0 fully saturated rings. The van der Waals surface area contributed by atoms with Crippen molar-refractivity contribution < 1.29 is 14.3 Å². The van der Waals surface area contributed by atoms with Crippen molar-refractivity contribution >= 4 is 46.6 Å². The van der Waals surface area contributed by atoms with Crippen LogP contribution in [0, 0.1) is 5.41 Å². The standard InChI is InChI=1S/C27H29ClN2O3S/c1-27(2,3)17-24(31)29-19-10-13-21(14-11-19)34-25(18-8-6-5-7-9-18)26(32)30-20-12-15-23(33-4)22(28)16-20/h5-16,25H,17H2,1-4H3,(H,29,31)(H,30,32). The zero-order valence-electron chi connectivity index (χ0n) is 19.7. The quantitative estimate of drug-likeness (QED) is 0.324. The molecule has 0 aliphatic heterocycles. The van der Waals surface area contributed by atoms with E-state index in [1.165, 1.54) is 11.8 Å². The van der Waals surface area contributed by atoms with Gasteiger partial charge in [-0.05, 0) is 53.4 Å². The molecule has 7 heteroatoms. The van der Waals surface area contributed by atoms with Gasteiger partial charge in [-0.3, -0.25) is 9.59 Å². The van der Waals surface area contributed by atoms with Crippen LogP contribution in [0.3, 0.4) is 0 Å². The van der Waals surface area contributed by atoms with E-state index in [9.17, 15) is 9.59 Å². The SMILES string of the molecule is COc1ccc(NC(=O)C(Sc2ccc(NC(=O)CC(C)(C)C)cc2)c2ccccc2)cc1Cl. The molecule has 1 atom stereocenters. The van der Waals surface area contributed by atoms with Crippen molar-refractivity contribution in [3.8, 4) is 5.75 Å². The molecule has 34 heavy (non-hydrogen) atoms. The lowest BCUT2D eigenvalue weighted by atomic mass is 9.92. The van der Waals surface area contributed by atoms with Crippen LogP contribution < -0.4 is 15.4 Å². The number of carbonyl (C=O) groups excluding carboxylic acids is 2. The Hall–Kier alpha value is -2.96. The molecule has 0 spiro atoms. The van der Waals surface area contributed by atoms with Gasteiger partial charge >= 0.3 is 0 Å². The molecular weight excluding hydrogens is 468 g/mol. The molecule has 0 aliphatic rings. The predicted octanol–water partition coefficient (Wildman–Crippen LogP) is 7.20. The molecule has 178 valence electrons. The Morgan fingerprint density at radius 1 is 0.941 bits per heavy atom. The van der Waals surface area contributed by atoms with Crippen LogP contribution in [0.15, 0.2) is 77.7 Å². The maximum Gasteiger partial charge on any atom is 0.242 e. The van der Waals surface area contributed by atoms with Crippen LogP contribution >= 0.6 is 23.4 Å². The highest BCUT2D eigenvalue weighted by molar-refractivity contribution is 8.00. The first-order valence-electron chi connectivity index (χ1n) is 10.9. The molecule has 0 aromatic heterocycles. The monoisotopic (exact) mass is 496 g/mol. The number of hydrogen-bond donors (Lipinski definition) is 2. The second-order valence-corrected chi connectivity index (χ2v) is 10.6. The minimum absolute atomic E-state index is 0.0207. The van der Waals surface area contributed by atoms with Crippen molar-refractivity contribution in [3.05, 3.63) is 83.4 Å². The number of carbonyl (C=O) groups is 2. The molecular formula is C27H29ClN2O3S. The number of ether oxygens (including phenoxy) is 1. The van der Waals surface area contributed by atoms with Gasteiger partial charge in [0, 0.05) is 22.7 Å². The Kier molecular flexibility index (Phi) is 8.64. The Bertz CT molecular complexity index is 1130. The molecule has 0 saturated heterocycles. The Labute approximate surface area is 210 Å². The van der Waals surface area contributed by atoms with Gasteiger partial charge in [0.2, 0.25) is 11.8 Å². The van der Waals surface area contributed by atoms with Crippen LogP contribution in [0.5, 0.6) is 5.75 Å². The van der Waals surface area contributed by atoms with E-state index < -0.39 is 5.25 Å². The zero-order chi connectivity index (χ0) is 24.7. The van der Waals surface area contributed by atoms with Crippen molar-refractivity contribution in [3.63, 3.8) is 0 Å². The van der Waals surface area contributed by atoms with Gasteiger partial charge in [0.25, 0.3) is 0 Å². The number of nitrogens with one attached hydrogen (secondary N) is 2. The number of methoxy groups -OCH3 is 1. The summed E-state index contributed by atoms with van der Waals surface area (Å²) in [6.45, 7) is 6.09. The molecule has 3 rings (SSSR count). The van der Waals surface area contributed by atoms with Crippen molar-refractivity contribution in [2.24, 2.45) is 5.41 Å². The van der Waals surface area contributed by atoms with Crippen LogP contribution in [0.1, 0.15) is 38.0 Å². The molecule has 2 amide bonds. The normalized spacial score (nSPS) is 12.0. The summed E-state index contributed by atoms with van der Waals surface area (Å²) < 4.78 is 5.18. The number of amides is 2. The first-order chi connectivity index (χ1) is 16.1. The lowest BCUT2D eigenvalue weighted by Gasteiger charge is -2.18. The van der Waals surface area contributed by atoms with Gasteiger partial charge < -0.3 is 15.4 Å². The van der Waals surface area contributed by atoms with Crippen molar-refractivity contribution in [2.45, 2.75) is 37.3 Å². The predicted molar refractivity (Wildman–Crippen MR) is 141 cm³/mol. The molecule has 0 radical (unpaired) electrons. The lowest BCUT2D eigenvalue weighted by molar-refractivity contribution is -0.118. The van der Waals surface area contributed by atoms with E-state index in [-0.39, 0.29) is 17.2 Å². The van der Waals surface area contributed by atoms with Crippen molar-refractivity contribution in [1.82, 2.24) is 0 Å². The second-order valence-electron chi connectivity index (χ2n) is 9.06. The summed E-state index contributed by atoms with van der Waals surface area (Å²) in [5, 5.41) is 5.83. The van der Waals surface area contributed by atoms with Gasteiger partial charge in [0.15, 0.2) is 0 Å². The first-order valence-corrected chi connectivity index (χ1v) is 12.2. The molecule has 2 N–H and O–H groups in total. The van der Waals surface area contributed by atoms with E-state index in [1.54, 1.807) is 25.3 Å². The van der Waals surface area contributed by atoms with E-state index >= 15 is 0 Å². The van der Waals surface area contributed by atoms with Crippen LogP contribution in [-0.4, -0.2) is 18.9 Å². The molecule has 0 bridgehead atoms. The molecule has 1 unspecified atom stereocenters. The number of rotatable bonds is 8. The van der Waals surface area contributed by atoms with Crippen LogP contribution in [0.25, 0.3) is 0 Å². The summed E-state index contributed by atoms with van der Waals surface area (Å²) >= 11 is 7.65. The maximum atomic E-state index is 13.3. The third-order valence-electron chi connectivity index (χ3n) is 4.84. The van der Waals surface area contributed by atoms with Gasteiger partial charge in [-0.25, -0.2) is 0 Å². The summed E-state index contributed by atoms with van der Waals surface area (Å²) in [7, 11) is 1.54. The van der Waals surface area contributed by atoms with Crippen LogP contribution in [0.2, 0.25) is 5.02 Å². The summed E-state index contributed by atoms with van der Waals surface area (Å²) in [5.74, 6) is 0.357. The highest BCUT2D eigenvalue weighted by Crippen LogP contribution is 2.37. The summed E-state index contributed by atoms with van der Waals surface area (Å²) in [6, 6.07) is 22.3. The van der Waals surface area contributed by atoms with Gasteiger partial charge in [0.05, 0.1) is 12.1 Å². The van der Waals surface area contributed by atoms with Crippen LogP contribution in [-0.2, 0) is 9.59 Å². The van der Waals surface area contributed by atoms with E-state index in [0.717, 1.165) is 16.1 Å².